The summed E-state index contributed by atoms with van der Waals surface area (Å²) in [6, 6.07) is 20.3. The van der Waals surface area contributed by atoms with Crippen molar-refractivity contribution in [3.63, 3.8) is 0 Å². The Kier molecular flexibility index (Phi) is 4.27. The highest BCUT2D eigenvalue weighted by Crippen LogP contribution is 2.45. The normalized spacial score (nSPS) is 19.6. The number of carbonyl (C=O) groups is 2. The summed E-state index contributed by atoms with van der Waals surface area (Å²) in [6.07, 6.45) is 1.91. The number of hydrogen-bond acceptors (Lipinski definition) is 2. The smallest absolute Gasteiger partial charge is 0.232 e. The van der Waals surface area contributed by atoms with Gasteiger partial charge in [-0.1, -0.05) is 54.6 Å². The lowest BCUT2D eigenvalue weighted by molar-refractivity contribution is -0.120. The third-order valence-electron chi connectivity index (χ3n) is 5.97. The van der Waals surface area contributed by atoms with Crippen LogP contribution in [0.2, 0.25) is 0 Å². The summed E-state index contributed by atoms with van der Waals surface area (Å²) >= 11 is 0. The molecule has 1 aliphatic carbocycles. The minimum absolute atomic E-state index is 0.0676. The maximum Gasteiger partial charge on any atom is 0.232 e. The molecule has 1 amide bonds. The molecule has 3 aromatic carbocycles. The number of Topliss-reactive ketones (excluding diaryl/α,β-unsaturated/α-hetero) is 1. The van der Waals surface area contributed by atoms with Crippen molar-refractivity contribution in [3.05, 3.63) is 89.4 Å². The van der Waals surface area contributed by atoms with Crippen molar-refractivity contribution < 1.29 is 14.0 Å². The molecule has 0 N–H and O–H groups in total. The maximum absolute atomic E-state index is 14.5. The molecule has 1 heterocycles. The van der Waals surface area contributed by atoms with Gasteiger partial charge in [0, 0.05) is 30.0 Å². The van der Waals surface area contributed by atoms with Crippen LogP contribution in [-0.2, 0) is 9.59 Å². The first-order valence-electron chi connectivity index (χ1n) is 9.96. The van der Waals surface area contributed by atoms with E-state index in [1.165, 1.54) is 11.0 Å². The molecular formula is C25H20FNO2. The van der Waals surface area contributed by atoms with Gasteiger partial charge in [0.2, 0.25) is 5.91 Å². The molecule has 1 aliphatic heterocycles. The van der Waals surface area contributed by atoms with E-state index in [1.54, 1.807) is 18.2 Å². The first-order valence-corrected chi connectivity index (χ1v) is 9.96. The van der Waals surface area contributed by atoms with E-state index in [4.69, 9.17) is 0 Å². The van der Waals surface area contributed by atoms with Gasteiger partial charge in [-0.2, -0.15) is 0 Å². The predicted molar refractivity (Wildman–Crippen MR) is 111 cm³/mol. The van der Waals surface area contributed by atoms with Crippen LogP contribution in [0.5, 0.6) is 0 Å². The zero-order valence-corrected chi connectivity index (χ0v) is 15.9. The van der Waals surface area contributed by atoms with Crippen LogP contribution >= 0.6 is 0 Å². The summed E-state index contributed by atoms with van der Waals surface area (Å²) in [7, 11) is 0. The lowest BCUT2D eigenvalue weighted by Gasteiger charge is -2.38. The summed E-state index contributed by atoms with van der Waals surface area (Å²) in [5, 5.41) is 2.14. The summed E-state index contributed by atoms with van der Waals surface area (Å²) in [5.74, 6) is -0.840. The average molecular weight is 385 g/mol. The molecule has 3 nitrogen and oxygen atoms in total. The molecule has 5 rings (SSSR count). The van der Waals surface area contributed by atoms with E-state index in [2.05, 4.69) is 0 Å². The van der Waals surface area contributed by atoms with Crippen molar-refractivity contribution in [2.45, 2.75) is 31.6 Å². The van der Waals surface area contributed by atoms with Crippen LogP contribution in [0.3, 0.4) is 0 Å². The van der Waals surface area contributed by atoms with Gasteiger partial charge in [-0.05, 0) is 41.3 Å². The standard InChI is InChI=1S/C25H20FNO2/c26-20-11-3-4-12-21(20)27-22-13-6-14-23(28)25(22)19(15-24(27)29)18-10-5-8-16-7-1-2-9-17(16)18/h1-5,7-12,19H,6,13-15H2. The minimum atomic E-state index is -0.450. The predicted octanol–water partition coefficient (Wildman–Crippen LogP) is 5.51. The number of halogens is 1. The zero-order valence-electron chi connectivity index (χ0n) is 15.9. The third kappa shape index (κ3) is 2.87. The fraction of sp³-hybridized carbons (Fsp3) is 0.200. The highest BCUT2D eigenvalue weighted by molar-refractivity contribution is 6.08. The highest BCUT2D eigenvalue weighted by atomic mass is 19.1. The highest BCUT2D eigenvalue weighted by Gasteiger charge is 2.40. The van der Waals surface area contributed by atoms with E-state index >= 15 is 0 Å². The fourth-order valence-corrected chi connectivity index (χ4v) is 4.73. The van der Waals surface area contributed by atoms with E-state index in [-0.39, 0.29) is 29.7 Å². The number of amides is 1. The van der Waals surface area contributed by atoms with Crippen molar-refractivity contribution in [2.24, 2.45) is 0 Å². The average Bonchev–Trinajstić information content (AvgIpc) is 2.74. The fourth-order valence-electron chi connectivity index (χ4n) is 4.73. The van der Waals surface area contributed by atoms with Crippen molar-refractivity contribution >= 4 is 28.2 Å². The van der Waals surface area contributed by atoms with Gasteiger partial charge in [0.25, 0.3) is 0 Å². The molecule has 0 saturated carbocycles. The molecule has 144 valence electrons. The number of para-hydroxylation sites is 1. The summed E-state index contributed by atoms with van der Waals surface area (Å²) in [6.45, 7) is 0. The number of allylic oxidation sites excluding steroid dienone is 2. The molecule has 0 spiro atoms. The Bertz CT molecular complexity index is 1170. The second kappa shape index (κ2) is 6.96. The van der Waals surface area contributed by atoms with Gasteiger partial charge in [0.1, 0.15) is 5.82 Å². The van der Waals surface area contributed by atoms with Crippen LogP contribution in [0.15, 0.2) is 78.0 Å². The van der Waals surface area contributed by atoms with Gasteiger partial charge in [-0.3, -0.25) is 14.5 Å². The number of anilines is 1. The molecular weight excluding hydrogens is 365 g/mol. The zero-order chi connectivity index (χ0) is 20.0. The Hall–Kier alpha value is -3.27. The van der Waals surface area contributed by atoms with E-state index in [0.29, 0.717) is 30.5 Å². The Morgan fingerprint density at radius 3 is 2.48 bits per heavy atom. The van der Waals surface area contributed by atoms with Crippen molar-refractivity contribution in [1.29, 1.82) is 0 Å². The van der Waals surface area contributed by atoms with Crippen molar-refractivity contribution in [3.8, 4) is 0 Å². The first-order chi connectivity index (χ1) is 14.1. The number of nitrogens with zero attached hydrogens (tertiary/aromatic N) is 1. The molecule has 0 bridgehead atoms. The monoisotopic (exact) mass is 385 g/mol. The number of carbonyl (C=O) groups excluding carboxylic acids is 2. The Balaban J connectivity index is 1.73. The second-order valence-electron chi connectivity index (χ2n) is 7.64. The topological polar surface area (TPSA) is 37.4 Å². The lowest BCUT2D eigenvalue weighted by Crippen LogP contribution is -2.41. The molecule has 2 aliphatic rings. The van der Waals surface area contributed by atoms with Crippen LogP contribution in [-0.4, -0.2) is 11.7 Å². The molecule has 0 aromatic heterocycles. The van der Waals surface area contributed by atoms with Crippen LogP contribution in [0.4, 0.5) is 10.1 Å². The number of fused-ring (bicyclic) bond motifs is 1. The molecule has 3 aromatic rings. The van der Waals surface area contributed by atoms with E-state index in [9.17, 15) is 14.0 Å². The first kappa shape index (κ1) is 17.8. The Labute approximate surface area is 168 Å². The number of rotatable bonds is 2. The molecule has 4 heteroatoms. The molecule has 0 fully saturated rings. The summed E-state index contributed by atoms with van der Waals surface area (Å²) < 4.78 is 14.5. The second-order valence-corrected chi connectivity index (χ2v) is 7.64. The Morgan fingerprint density at radius 2 is 1.62 bits per heavy atom. The van der Waals surface area contributed by atoms with E-state index in [1.807, 2.05) is 42.5 Å². The number of hydrogen-bond donors (Lipinski definition) is 0. The van der Waals surface area contributed by atoms with Gasteiger partial charge in [0.05, 0.1) is 5.69 Å². The van der Waals surface area contributed by atoms with Crippen molar-refractivity contribution in [1.82, 2.24) is 0 Å². The van der Waals surface area contributed by atoms with Crippen LogP contribution in [0.1, 0.15) is 37.2 Å². The molecule has 0 saturated heterocycles. The molecule has 1 atom stereocenters. The van der Waals surface area contributed by atoms with Crippen LogP contribution in [0, 0.1) is 5.82 Å². The number of ketones is 1. The van der Waals surface area contributed by atoms with Gasteiger partial charge in [-0.25, -0.2) is 4.39 Å². The summed E-state index contributed by atoms with van der Waals surface area (Å²) in [5.41, 5.74) is 2.57. The largest absolute Gasteiger partial charge is 0.294 e. The quantitative estimate of drug-likeness (QED) is 0.584. The van der Waals surface area contributed by atoms with Crippen LogP contribution < -0.4 is 4.90 Å². The van der Waals surface area contributed by atoms with Gasteiger partial charge < -0.3 is 0 Å². The van der Waals surface area contributed by atoms with Gasteiger partial charge in [-0.15, -0.1) is 0 Å². The molecule has 29 heavy (non-hydrogen) atoms. The molecule has 1 unspecified atom stereocenters. The maximum atomic E-state index is 14.5. The summed E-state index contributed by atoms with van der Waals surface area (Å²) in [4.78, 5) is 27.7. The third-order valence-corrected chi connectivity index (χ3v) is 5.97. The van der Waals surface area contributed by atoms with Gasteiger partial charge >= 0.3 is 0 Å². The molecule has 0 radical (unpaired) electrons. The Morgan fingerprint density at radius 1 is 0.862 bits per heavy atom. The SMILES string of the molecule is O=C1CCCC2=C1C(c1cccc3ccccc13)CC(=O)N2c1ccccc1F. The van der Waals surface area contributed by atoms with Crippen LogP contribution in [0.25, 0.3) is 10.8 Å². The minimum Gasteiger partial charge on any atom is -0.294 e. The lowest BCUT2D eigenvalue weighted by atomic mass is 9.76. The van der Waals surface area contributed by atoms with Crippen molar-refractivity contribution in [2.75, 3.05) is 4.90 Å². The van der Waals surface area contributed by atoms with Gasteiger partial charge in [0.15, 0.2) is 5.78 Å². The number of benzene rings is 3. The van der Waals surface area contributed by atoms with E-state index < -0.39 is 5.82 Å². The van der Waals surface area contributed by atoms with E-state index in [0.717, 1.165) is 16.3 Å².